The summed E-state index contributed by atoms with van der Waals surface area (Å²) in [4.78, 5) is 34.8. The van der Waals surface area contributed by atoms with E-state index >= 15 is 0 Å². The van der Waals surface area contributed by atoms with Gasteiger partial charge in [0.25, 0.3) is 0 Å². The van der Waals surface area contributed by atoms with Crippen LogP contribution in [0.4, 0.5) is 5.82 Å². The van der Waals surface area contributed by atoms with Gasteiger partial charge in [-0.25, -0.2) is 15.0 Å². The Hall–Kier alpha value is -4.52. The van der Waals surface area contributed by atoms with Gasteiger partial charge in [-0.2, -0.15) is 5.26 Å². The molecule has 3 aromatic carbocycles. The summed E-state index contributed by atoms with van der Waals surface area (Å²) in [7, 11) is 0. The van der Waals surface area contributed by atoms with Gasteiger partial charge in [0.1, 0.15) is 17.5 Å². The molecule has 6 rings (SSSR count). The number of fused-ring (bicyclic) bond motifs is 1. The maximum Gasteiger partial charge on any atom is 0.190 e. The zero-order valence-corrected chi connectivity index (χ0v) is 22.6. The minimum absolute atomic E-state index is 0.115. The summed E-state index contributed by atoms with van der Waals surface area (Å²) in [6.45, 7) is 3.11. The van der Waals surface area contributed by atoms with Crippen LogP contribution in [0, 0.1) is 11.3 Å². The van der Waals surface area contributed by atoms with Gasteiger partial charge in [-0.1, -0.05) is 84.6 Å². The lowest BCUT2D eigenvalue weighted by atomic mass is 10.1. The normalized spacial score (nSPS) is 13.8. The molecule has 5 aromatic rings. The van der Waals surface area contributed by atoms with Crippen LogP contribution in [-0.4, -0.2) is 63.3 Å². The summed E-state index contributed by atoms with van der Waals surface area (Å²) in [6, 6.07) is 29.5. The SMILES string of the molecule is N#Cc1c(-c2ccccc2)nc(SCc2nc3ccccc3[nH]2)nc1N1CCN(CC(=O)c2ccccc2)CC1. The first-order valence-corrected chi connectivity index (χ1v) is 14.2. The van der Waals surface area contributed by atoms with E-state index in [0.29, 0.717) is 60.7 Å². The molecule has 1 N–H and O–H groups in total. The summed E-state index contributed by atoms with van der Waals surface area (Å²) in [5, 5.41) is 10.8. The number of rotatable bonds is 8. The largest absolute Gasteiger partial charge is 0.353 e. The van der Waals surface area contributed by atoms with Gasteiger partial charge in [0.2, 0.25) is 0 Å². The maximum atomic E-state index is 12.7. The number of thioether (sulfide) groups is 1. The van der Waals surface area contributed by atoms with Crippen molar-refractivity contribution in [2.45, 2.75) is 10.9 Å². The molecule has 1 aliphatic heterocycles. The first-order chi connectivity index (χ1) is 19.7. The number of nitrogens with zero attached hydrogens (tertiary/aromatic N) is 6. The average Bonchev–Trinajstić information content (AvgIpc) is 3.44. The van der Waals surface area contributed by atoms with E-state index in [0.717, 1.165) is 28.0 Å². The van der Waals surface area contributed by atoms with Gasteiger partial charge in [0.05, 0.1) is 29.0 Å². The fourth-order valence-electron chi connectivity index (χ4n) is 4.87. The molecule has 0 saturated carbocycles. The number of anilines is 1. The Morgan fingerprint density at radius 3 is 2.30 bits per heavy atom. The summed E-state index contributed by atoms with van der Waals surface area (Å²) in [5.74, 6) is 2.17. The van der Waals surface area contributed by atoms with E-state index in [9.17, 15) is 10.1 Å². The second-order valence-electron chi connectivity index (χ2n) is 9.57. The molecule has 1 saturated heterocycles. The molecule has 3 heterocycles. The maximum absolute atomic E-state index is 12.7. The second-order valence-corrected chi connectivity index (χ2v) is 10.5. The Balaban J connectivity index is 1.24. The minimum Gasteiger partial charge on any atom is -0.353 e. The third kappa shape index (κ3) is 5.59. The standard InChI is InChI=1S/C31H27N7OS/c32-19-24-29(23-11-5-2-6-12-23)35-31(40-21-28-33-25-13-7-8-14-26(25)34-28)36-30(24)38-17-15-37(16-18-38)20-27(39)22-9-3-1-4-10-22/h1-14H,15-18,20-21H2,(H,33,34). The van der Waals surface area contributed by atoms with E-state index < -0.39 is 0 Å². The zero-order valence-electron chi connectivity index (χ0n) is 21.8. The molecule has 0 unspecified atom stereocenters. The highest BCUT2D eigenvalue weighted by Gasteiger charge is 2.25. The minimum atomic E-state index is 0.115. The molecule has 9 heteroatoms. The fraction of sp³-hybridized carbons (Fsp3) is 0.194. The predicted octanol–water partition coefficient (Wildman–Crippen LogP) is 5.19. The Morgan fingerprint density at radius 2 is 1.57 bits per heavy atom. The summed E-state index contributed by atoms with van der Waals surface area (Å²) in [6.07, 6.45) is 0. The number of hydrogen-bond donors (Lipinski definition) is 1. The van der Waals surface area contributed by atoms with Crippen LogP contribution in [0.3, 0.4) is 0 Å². The van der Waals surface area contributed by atoms with Gasteiger partial charge < -0.3 is 9.88 Å². The number of nitrogens with one attached hydrogen (secondary N) is 1. The van der Waals surface area contributed by atoms with Crippen molar-refractivity contribution in [2.24, 2.45) is 0 Å². The lowest BCUT2D eigenvalue weighted by molar-refractivity contribution is 0.0926. The Labute approximate surface area is 236 Å². The zero-order chi connectivity index (χ0) is 27.3. The van der Waals surface area contributed by atoms with E-state index in [1.54, 1.807) is 0 Å². The molecule has 0 atom stereocenters. The fourth-order valence-corrected chi connectivity index (χ4v) is 5.58. The van der Waals surface area contributed by atoms with E-state index in [-0.39, 0.29) is 5.78 Å². The number of para-hydroxylation sites is 2. The average molecular weight is 546 g/mol. The van der Waals surface area contributed by atoms with E-state index in [4.69, 9.17) is 9.97 Å². The van der Waals surface area contributed by atoms with Gasteiger partial charge in [0, 0.05) is 37.3 Å². The number of H-pyrrole nitrogens is 1. The topological polar surface area (TPSA) is 102 Å². The van der Waals surface area contributed by atoms with Crippen molar-refractivity contribution in [1.29, 1.82) is 5.26 Å². The number of nitriles is 1. The van der Waals surface area contributed by atoms with Crippen LogP contribution in [0.15, 0.2) is 90.1 Å². The van der Waals surface area contributed by atoms with Crippen LogP contribution in [-0.2, 0) is 5.75 Å². The Morgan fingerprint density at radius 1 is 0.875 bits per heavy atom. The number of ketones is 1. The van der Waals surface area contributed by atoms with Crippen LogP contribution in [0.2, 0.25) is 0 Å². The predicted molar refractivity (Wildman–Crippen MR) is 157 cm³/mol. The monoisotopic (exact) mass is 545 g/mol. The number of aromatic amines is 1. The smallest absolute Gasteiger partial charge is 0.190 e. The molecule has 0 spiro atoms. The summed E-state index contributed by atoms with van der Waals surface area (Å²) in [5.41, 5.74) is 4.61. The van der Waals surface area contributed by atoms with Crippen molar-refractivity contribution in [1.82, 2.24) is 24.8 Å². The molecular weight excluding hydrogens is 518 g/mol. The molecule has 0 amide bonds. The van der Waals surface area contributed by atoms with E-state index in [1.165, 1.54) is 11.8 Å². The van der Waals surface area contributed by atoms with Crippen molar-refractivity contribution >= 4 is 34.4 Å². The van der Waals surface area contributed by atoms with Gasteiger partial charge >= 0.3 is 0 Å². The van der Waals surface area contributed by atoms with E-state index in [2.05, 4.69) is 25.8 Å². The van der Waals surface area contributed by atoms with Crippen molar-refractivity contribution in [3.8, 4) is 17.3 Å². The molecule has 0 radical (unpaired) electrons. The van der Waals surface area contributed by atoms with Crippen molar-refractivity contribution in [2.75, 3.05) is 37.6 Å². The molecule has 1 fully saturated rings. The molecule has 0 bridgehead atoms. The highest BCUT2D eigenvalue weighted by molar-refractivity contribution is 7.98. The number of aromatic nitrogens is 4. The molecule has 2 aromatic heterocycles. The number of benzene rings is 3. The number of piperazine rings is 1. The van der Waals surface area contributed by atoms with Crippen LogP contribution in [0.5, 0.6) is 0 Å². The summed E-state index contributed by atoms with van der Waals surface area (Å²) >= 11 is 1.49. The number of hydrogen-bond acceptors (Lipinski definition) is 8. The third-order valence-corrected chi connectivity index (χ3v) is 7.80. The van der Waals surface area contributed by atoms with Gasteiger partial charge in [-0.15, -0.1) is 0 Å². The van der Waals surface area contributed by atoms with Crippen LogP contribution in [0.25, 0.3) is 22.3 Å². The van der Waals surface area contributed by atoms with E-state index in [1.807, 2.05) is 84.9 Å². The first kappa shape index (κ1) is 25.7. The molecule has 8 nitrogen and oxygen atoms in total. The van der Waals surface area contributed by atoms with Crippen molar-refractivity contribution < 1.29 is 4.79 Å². The Bertz CT molecular complexity index is 1640. The van der Waals surface area contributed by atoms with Gasteiger partial charge in [-0.3, -0.25) is 9.69 Å². The number of carbonyl (C=O) groups excluding carboxylic acids is 1. The lowest BCUT2D eigenvalue weighted by Gasteiger charge is -2.35. The van der Waals surface area contributed by atoms with Gasteiger partial charge in [-0.05, 0) is 12.1 Å². The van der Waals surface area contributed by atoms with Gasteiger partial charge in [0.15, 0.2) is 16.8 Å². The molecule has 0 aliphatic carbocycles. The highest BCUT2D eigenvalue weighted by atomic mass is 32.2. The molecule has 198 valence electrons. The van der Waals surface area contributed by atoms with Crippen molar-refractivity contribution in [3.63, 3.8) is 0 Å². The molecule has 1 aliphatic rings. The first-order valence-electron chi connectivity index (χ1n) is 13.2. The van der Waals surface area contributed by atoms with Crippen LogP contribution >= 0.6 is 11.8 Å². The quantitative estimate of drug-likeness (QED) is 0.162. The lowest BCUT2D eigenvalue weighted by Crippen LogP contribution is -2.48. The number of Topliss-reactive ketones (excluding diaryl/α,β-unsaturated/α-hetero) is 1. The Kier molecular flexibility index (Phi) is 7.53. The third-order valence-electron chi connectivity index (χ3n) is 6.94. The van der Waals surface area contributed by atoms with Crippen molar-refractivity contribution in [3.05, 3.63) is 102 Å². The van der Waals surface area contributed by atoms with Crippen LogP contribution < -0.4 is 4.90 Å². The molecular formula is C31H27N7OS. The number of carbonyl (C=O) groups is 1. The molecule has 40 heavy (non-hydrogen) atoms. The van der Waals surface area contributed by atoms with Crippen LogP contribution in [0.1, 0.15) is 21.7 Å². The second kappa shape index (κ2) is 11.7. The summed E-state index contributed by atoms with van der Waals surface area (Å²) < 4.78 is 0. The number of imidazole rings is 1. The highest BCUT2D eigenvalue weighted by Crippen LogP contribution is 2.32.